The van der Waals surface area contributed by atoms with Gasteiger partial charge in [-0.3, -0.25) is 19.3 Å². The lowest BCUT2D eigenvalue weighted by Crippen LogP contribution is -2.48. The number of halogens is 1. The van der Waals surface area contributed by atoms with E-state index in [2.05, 4.69) is 15.6 Å². The molecule has 9 nitrogen and oxygen atoms in total. The van der Waals surface area contributed by atoms with Crippen molar-refractivity contribution in [2.24, 2.45) is 7.05 Å². The van der Waals surface area contributed by atoms with Crippen LogP contribution in [0, 0.1) is 0 Å². The Morgan fingerprint density at radius 3 is 2.56 bits per heavy atom. The molecule has 2 aromatic carbocycles. The predicted molar refractivity (Wildman–Crippen MR) is 173 cm³/mol. The Labute approximate surface area is 260 Å². The summed E-state index contributed by atoms with van der Waals surface area (Å²) in [6.07, 6.45) is 7.00. The standard InChI is InChI=1S/C32H35ClN6O3S/c1-37-15-16-38(2)31(41)28(37)19-11-13-21(14-12-19)34-29-32(42)39(3)18-24(35-29)22-8-6-9-23(27(22)33)36-30(40)26-17-20-7-4-5-10-25(20)43-26/h6,8-9,11-14,18,26,28H,4-5,7,10,15-17H2,1-3H3,(H,34,35)(H,36,40). The monoisotopic (exact) mass is 618 g/mol. The van der Waals surface area contributed by atoms with Crippen LogP contribution in [0.4, 0.5) is 17.2 Å². The van der Waals surface area contributed by atoms with Crippen LogP contribution in [0.3, 0.4) is 0 Å². The van der Waals surface area contributed by atoms with Crippen molar-refractivity contribution in [2.75, 3.05) is 37.8 Å². The third kappa shape index (κ3) is 5.96. The highest BCUT2D eigenvalue weighted by Gasteiger charge is 2.33. The molecule has 6 rings (SSSR count). The maximum atomic E-state index is 13.2. The molecule has 224 valence electrons. The van der Waals surface area contributed by atoms with Crippen LogP contribution in [0.25, 0.3) is 11.3 Å². The first-order chi connectivity index (χ1) is 20.7. The first kappa shape index (κ1) is 29.5. The van der Waals surface area contributed by atoms with Gasteiger partial charge in [-0.2, -0.15) is 0 Å². The van der Waals surface area contributed by atoms with E-state index in [1.165, 1.54) is 27.9 Å². The molecular weight excluding hydrogens is 584 g/mol. The topological polar surface area (TPSA) is 99.6 Å². The minimum Gasteiger partial charge on any atom is -0.343 e. The highest BCUT2D eigenvalue weighted by molar-refractivity contribution is 8.04. The van der Waals surface area contributed by atoms with Crippen molar-refractivity contribution in [3.63, 3.8) is 0 Å². The SMILES string of the molecule is CN1CCN(C)C(c2ccc(Nc3nc(-c4cccc(NC(=O)C5CC6=C(CCCC6)S5)c4Cl)cn(C)c3=O)cc2)C1=O. The van der Waals surface area contributed by atoms with Gasteiger partial charge in [-0.15, -0.1) is 11.8 Å². The number of benzene rings is 2. The molecule has 0 spiro atoms. The number of piperazine rings is 1. The van der Waals surface area contributed by atoms with Gasteiger partial charge in [0.15, 0.2) is 5.82 Å². The number of aromatic nitrogens is 2. The number of hydrogen-bond acceptors (Lipinski definition) is 7. The minimum atomic E-state index is -0.342. The molecule has 2 amide bonds. The number of likely N-dealkylation sites (N-methyl/N-ethyl adjacent to an activating group) is 2. The first-order valence-corrected chi connectivity index (χ1v) is 15.8. The summed E-state index contributed by atoms with van der Waals surface area (Å²) in [5.74, 6) is 0.152. The molecule has 43 heavy (non-hydrogen) atoms. The molecular formula is C32H35ClN6O3S. The van der Waals surface area contributed by atoms with Crippen molar-refractivity contribution >= 4 is 52.4 Å². The van der Waals surface area contributed by atoms with Gasteiger partial charge < -0.3 is 20.1 Å². The fourth-order valence-electron chi connectivity index (χ4n) is 5.97. The third-order valence-corrected chi connectivity index (χ3v) is 10.3. The molecule has 2 aliphatic heterocycles. The quantitative estimate of drug-likeness (QED) is 0.373. The number of nitrogens with one attached hydrogen (secondary N) is 2. The normalized spacial score (nSPS) is 20.7. The van der Waals surface area contributed by atoms with Gasteiger partial charge in [-0.25, -0.2) is 4.98 Å². The van der Waals surface area contributed by atoms with Gasteiger partial charge in [0, 0.05) is 44.6 Å². The van der Waals surface area contributed by atoms with Gasteiger partial charge in [-0.1, -0.05) is 41.4 Å². The molecule has 1 fully saturated rings. The number of nitrogens with zero attached hydrogens (tertiary/aromatic N) is 4. The Balaban J connectivity index is 1.21. The summed E-state index contributed by atoms with van der Waals surface area (Å²) in [5, 5.41) is 6.40. The average molecular weight is 619 g/mol. The van der Waals surface area contributed by atoms with Crippen LogP contribution in [0.5, 0.6) is 0 Å². The molecule has 2 atom stereocenters. The van der Waals surface area contributed by atoms with Crippen LogP contribution >= 0.6 is 23.4 Å². The highest BCUT2D eigenvalue weighted by Crippen LogP contribution is 2.45. The summed E-state index contributed by atoms with van der Waals surface area (Å²) >= 11 is 8.52. The van der Waals surface area contributed by atoms with E-state index in [-0.39, 0.29) is 34.5 Å². The molecule has 2 N–H and O–H groups in total. The lowest BCUT2D eigenvalue weighted by Gasteiger charge is -2.37. The fraction of sp³-hybridized carbons (Fsp3) is 0.375. The zero-order valence-corrected chi connectivity index (χ0v) is 26.1. The van der Waals surface area contributed by atoms with E-state index in [4.69, 9.17) is 11.6 Å². The zero-order valence-electron chi connectivity index (χ0n) is 24.5. The van der Waals surface area contributed by atoms with Crippen molar-refractivity contribution in [3.05, 3.63) is 80.1 Å². The maximum absolute atomic E-state index is 13.2. The van der Waals surface area contributed by atoms with Gasteiger partial charge in [-0.05, 0) is 67.8 Å². The molecule has 3 aliphatic rings. The lowest BCUT2D eigenvalue weighted by atomic mass is 9.96. The summed E-state index contributed by atoms with van der Waals surface area (Å²) in [6, 6.07) is 12.6. The van der Waals surface area contributed by atoms with E-state index in [9.17, 15) is 14.4 Å². The Morgan fingerprint density at radius 2 is 1.79 bits per heavy atom. The summed E-state index contributed by atoms with van der Waals surface area (Å²) in [7, 11) is 5.43. The first-order valence-electron chi connectivity index (χ1n) is 14.6. The number of thioether (sulfide) groups is 1. The smallest absolute Gasteiger partial charge is 0.293 e. The Bertz CT molecular complexity index is 1650. The van der Waals surface area contributed by atoms with E-state index in [1.807, 2.05) is 55.4 Å². The molecule has 1 aromatic heterocycles. The number of anilines is 3. The number of hydrogen-bond donors (Lipinski definition) is 2. The molecule has 0 radical (unpaired) electrons. The highest BCUT2D eigenvalue weighted by atomic mass is 35.5. The van der Waals surface area contributed by atoms with Gasteiger partial charge in [0.25, 0.3) is 5.56 Å². The molecule has 0 saturated carbocycles. The minimum absolute atomic E-state index is 0.0505. The van der Waals surface area contributed by atoms with Gasteiger partial charge in [0.1, 0.15) is 6.04 Å². The maximum Gasteiger partial charge on any atom is 0.293 e. The van der Waals surface area contributed by atoms with Crippen LogP contribution < -0.4 is 16.2 Å². The van der Waals surface area contributed by atoms with Crippen molar-refractivity contribution in [1.82, 2.24) is 19.4 Å². The van der Waals surface area contributed by atoms with E-state index in [1.54, 1.807) is 36.0 Å². The molecule has 0 bridgehead atoms. The number of amides is 2. The second kappa shape index (κ2) is 12.2. The van der Waals surface area contributed by atoms with Crippen molar-refractivity contribution in [2.45, 2.75) is 43.4 Å². The van der Waals surface area contributed by atoms with E-state index < -0.39 is 0 Å². The van der Waals surface area contributed by atoms with Gasteiger partial charge in [0.2, 0.25) is 11.8 Å². The van der Waals surface area contributed by atoms with Crippen molar-refractivity contribution < 1.29 is 9.59 Å². The van der Waals surface area contributed by atoms with E-state index in [0.717, 1.165) is 31.4 Å². The Morgan fingerprint density at radius 1 is 1.02 bits per heavy atom. The summed E-state index contributed by atoms with van der Waals surface area (Å²) in [6.45, 7) is 1.50. The zero-order chi connectivity index (χ0) is 30.2. The summed E-state index contributed by atoms with van der Waals surface area (Å²) in [5.41, 5.74) is 4.30. The van der Waals surface area contributed by atoms with Crippen LogP contribution in [0.2, 0.25) is 5.02 Å². The lowest BCUT2D eigenvalue weighted by molar-refractivity contribution is -0.139. The second-order valence-corrected chi connectivity index (χ2v) is 13.2. The number of allylic oxidation sites excluding steroid dienone is 2. The molecule has 2 unspecified atom stereocenters. The molecule has 11 heteroatoms. The average Bonchev–Trinajstić information content (AvgIpc) is 3.44. The number of carbonyl (C=O) groups excluding carboxylic acids is 2. The van der Waals surface area contributed by atoms with Crippen LogP contribution in [0.15, 0.2) is 63.9 Å². The van der Waals surface area contributed by atoms with Crippen molar-refractivity contribution in [1.29, 1.82) is 0 Å². The van der Waals surface area contributed by atoms with Crippen LogP contribution in [-0.4, -0.2) is 63.6 Å². The number of carbonyl (C=O) groups is 2. The van der Waals surface area contributed by atoms with Crippen LogP contribution in [-0.2, 0) is 16.6 Å². The van der Waals surface area contributed by atoms with Gasteiger partial charge in [0.05, 0.1) is 21.7 Å². The molecule has 1 saturated heterocycles. The second-order valence-electron chi connectivity index (χ2n) is 11.5. The molecule has 1 aliphatic carbocycles. The van der Waals surface area contributed by atoms with E-state index in [0.29, 0.717) is 34.2 Å². The summed E-state index contributed by atoms with van der Waals surface area (Å²) in [4.78, 5) is 48.8. The third-order valence-electron chi connectivity index (χ3n) is 8.47. The molecule has 3 heterocycles. The van der Waals surface area contributed by atoms with Gasteiger partial charge >= 0.3 is 0 Å². The molecule has 3 aromatic rings. The predicted octanol–water partition coefficient (Wildman–Crippen LogP) is 5.56. The van der Waals surface area contributed by atoms with E-state index >= 15 is 0 Å². The largest absolute Gasteiger partial charge is 0.343 e. The Kier molecular flexibility index (Phi) is 8.35. The number of aryl methyl sites for hydroxylation is 1. The van der Waals surface area contributed by atoms with Crippen molar-refractivity contribution in [3.8, 4) is 11.3 Å². The Hall–Kier alpha value is -3.60. The number of rotatable bonds is 6. The fourth-order valence-corrected chi connectivity index (χ4v) is 7.64. The van der Waals surface area contributed by atoms with Crippen LogP contribution in [0.1, 0.15) is 43.7 Å². The summed E-state index contributed by atoms with van der Waals surface area (Å²) < 4.78 is 1.46.